The van der Waals surface area contributed by atoms with E-state index in [-0.39, 0.29) is 17.7 Å². The maximum Gasteiger partial charge on any atom is 0.269 e. The van der Waals surface area contributed by atoms with E-state index in [1.165, 1.54) is 5.56 Å². The zero-order valence-electron chi connectivity index (χ0n) is 14.2. The number of nitrogens with one attached hydrogen (secondary N) is 2. The summed E-state index contributed by atoms with van der Waals surface area (Å²) >= 11 is 0. The van der Waals surface area contributed by atoms with Gasteiger partial charge in [-0.2, -0.15) is 0 Å². The van der Waals surface area contributed by atoms with Crippen LogP contribution in [0.2, 0.25) is 0 Å². The van der Waals surface area contributed by atoms with Crippen LogP contribution >= 0.6 is 0 Å². The fourth-order valence-corrected chi connectivity index (χ4v) is 2.59. The molecule has 0 saturated carbocycles. The van der Waals surface area contributed by atoms with Gasteiger partial charge in [0.1, 0.15) is 0 Å². The smallest absolute Gasteiger partial charge is 0.269 e. The van der Waals surface area contributed by atoms with Gasteiger partial charge in [0.25, 0.3) is 5.91 Å². The Morgan fingerprint density at radius 2 is 1.58 bits per heavy atom. The van der Waals surface area contributed by atoms with Crippen molar-refractivity contribution in [3.8, 4) is 0 Å². The quantitative estimate of drug-likeness (QED) is 0.798. The number of carbonyl (C=O) groups is 2. The fourth-order valence-electron chi connectivity index (χ4n) is 2.59. The Labute approximate surface area is 143 Å². The van der Waals surface area contributed by atoms with Gasteiger partial charge in [-0.3, -0.25) is 20.4 Å². The number of benzene rings is 2. The highest BCUT2D eigenvalue weighted by atomic mass is 16.2. The Balaban J connectivity index is 1.98. The lowest BCUT2D eigenvalue weighted by Gasteiger charge is -2.17. The summed E-state index contributed by atoms with van der Waals surface area (Å²) < 4.78 is 0. The summed E-state index contributed by atoms with van der Waals surface area (Å²) in [6.45, 7) is 4.10. The Bertz CT molecular complexity index is 666. The van der Waals surface area contributed by atoms with Gasteiger partial charge in [-0.15, -0.1) is 0 Å². The van der Waals surface area contributed by atoms with E-state index in [2.05, 4.69) is 17.8 Å². The summed E-state index contributed by atoms with van der Waals surface area (Å²) in [6, 6.07) is 17.0. The highest BCUT2D eigenvalue weighted by molar-refractivity contribution is 5.96. The Morgan fingerprint density at radius 3 is 2.17 bits per heavy atom. The molecule has 2 amide bonds. The van der Waals surface area contributed by atoms with Crippen molar-refractivity contribution in [3.05, 3.63) is 71.3 Å². The van der Waals surface area contributed by atoms with Crippen molar-refractivity contribution < 1.29 is 9.59 Å². The summed E-state index contributed by atoms with van der Waals surface area (Å²) in [4.78, 5) is 24.6. The zero-order valence-corrected chi connectivity index (χ0v) is 14.2. The van der Waals surface area contributed by atoms with E-state index in [1.54, 1.807) is 12.1 Å². The molecule has 2 rings (SSSR count). The standard InChI is InChI=1S/C20H24N2O2/c1-3-8-18(16-9-6-5-7-10-16)20(24)22-21-19(23)17-13-11-15(4-2)12-14-17/h5-7,9-14,18H,3-4,8H2,1-2H3,(H,21,23)(H,22,24)/t18-/m0/s1. The number of amides is 2. The maximum absolute atomic E-state index is 12.4. The number of hydrogen-bond acceptors (Lipinski definition) is 2. The van der Waals surface area contributed by atoms with Crippen molar-refractivity contribution in [1.29, 1.82) is 0 Å². The van der Waals surface area contributed by atoms with Gasteiger partial charge in [0.2, 0.25) is 5.91 Å². The minimum absolute atomic E-state index is 0.193. The minimum Gasteiger partial charge on any atom is -0.273 e. The molecule has 0 fully saturated rings. The van der Waals surface area contributed by atoms with E-state index in [4.69, 9.17) is 0 Å². The number of carbonyl (C=O) groups excluding carboxylic acids is 2. The van der Waals surface area contributed by atoms with Gasteiger partial charge in [-0.05, 0) is 36.1 Å². The molecule has 0 unspecified atom stereocenters. The van der Waals surface area contributed by atoms with Gasteiger partial charge in [0.05, 0.1) is 5.92 Å². The van der Waals surface area contributed by atoms with Crippen LogP contribution in [0.3, 0.4) is 0 Å². The zero-order chi connectivity index (χ0) is 17.4. The fraction of sp³-hybridized carbons (Fsp3) is 0.300. The van der Waals surface area contributed by atoms with E-state index in [0.29, 0.717) is 5.56 Å². The van der Waals surface area contributed by atoms with Gasteiger partial charge in [0.15, 0.2) is 0 Å². The number of aryl methyl sites for hydroxylation is 1. The number of rotatable bonds is 6. The summed E-state index contributed by atoms with van der Waals surface area (Å²) in [5.41, 5.74) is 7.71. The second-order valence-electron chi connectivity index (χ2n) is 5.75. The van der Waals surface area contributed by atoms with Crippen LogP contribution in [0.4, 0.5) is 0 Å². The normalized spacial score (nSPS) is 11.6. The second kappa shape index (κ2) is 8.87. The highest BCUT2D eigenvalue weighted by Crippen LogP contribution is 2.21. The summed E-state index contributed by atoms with van der Waals surface area (Å²) in [5.74, 6) is -0.769. The second-order valence-corrected chi connectivity index (χ2v) is 5.75. The van der Waals surface area contributed by atoms with Gasteiger partial charge >= 0.3 is 0 Å². The molecule has 0 spiro atoms. The average molecular weight is 324 g/mol. The number of hydrazine groups is 1. The Kier molecular flexibility index (Phi) is 6.55. The molecule has 126 valence electrons. The molecular weight excluding hydrogens is 300 g/mol. The molecule has 0 saturated heterocycles. The predicted octanol–water partition coefficient (Wildman–Crippen LogP) is 3.59. The van der Waals surface area contributed by atoms with Crippen LogP contribution in [0.15, 0.2) is 54.6 Å². The van der Waals surface area contributed by atoms with E-state index in [9.17, 15) is 9.59 Å². The van der Waals surface area contributed by atoms with Gasteiger partial charge < -0.3 is 0 Å². The SMILES string of the molecule is CCC[C@H](C(=O)NNC(=O)c1ccc(CC)cc1)c1ccccc1. The third-order valence-corrected chi connectivity index (χ3v) is 4.02. The molecule has 0 heterocycles. The molecule has 0 aliphatic carbocycles. The molecule has 2 aromatic carbocycles. The van der Waals surface area contributed by atoms with Crippen molar-refractivity contribution in [2.24, 2.45) is 0 Å². The van der Waals surface area contributed by atoms with Crippen LogP contribution in [-0.2, 0) is 11.2 Å². The first-order valence-electron chi connectivity index (χ1n) is 8.39. The summed E-state index contributed by atoms with van der Waals surface area (Å²) in [5, 5.41) is 0. The molecule has 4 heteroatoms. The molecular formula is C20H24N2O2. The third-order valence-electron chi connectivity index (χ3n) is 4.02. The van der Waals surface area contributed by atoms with Crippen LogP contribution in [0.1, 0.15) is 54.1 Å². The van der Waals surface area contributed by atoms with Gasteiger partial charge in [-0.1, -0.05) is 62.7 Å². The Morgan fingerprint density at radius 1 is 0.917 bits per heavy atom. The summed E-state index contributed by atoms with van der Waals surface area (Å²) in [7, 11) is 0. The molecule has 4 nitrogen and oxygen atoms in total. The van der Waals surface area contributed by atoms with Crippen molar-refractivity contribution >= 4 is 11.8 Å². The molecule has 2 aromatic rings. The summed E-state index contributed by atoms with van der Waals surface area (Å²) in [6.07, 6.45) is 2.55. The molecule has 0 bridgehead atoms. The van der Waals surface area contributed by atoms with Crippen molar-refractivity contribution in [2.75, 3.05) is 0 Å². The Hall–Kier alpha value is -2.62. The van der Waals surface area contributed by atoms with Crippen LogP contribution < -0.4 is 10.9 Å². The van der Waals surface area contributed by atoms with Crippen molar-refractivity contribution in [3.63, 3.8) is 0 Å². The van der Waals surface area contributed by atoms with E-state index >= 15 is 0 Å². The molecule has 0 aliphatic rings. The van der Waals surface area contributed by atoms with Gasteiger partial charge in [0, 0.05) is 5.56 Å². The molecule has 0 aromatic heterocycles. The maximum atomic E-state index is 12.4. The van der Waals surface area contributed by atoms with Crippen molar-refractivity contribution in [1.82, 2.24) is 10.9 Å². The monoisotopic (exact) mass is 324 g/mol. The molecule has 24 heavy (non-hydrogen) atoms. The lowest BCUT2D eigenvalue weighted by molar-refractivity contribution is -0.123. The lowest BCUT2D eigenvalue weighted by atomic mass is 9.94. The average Bonchev–Trinajstić information content (AvgIpc) is 2.64. The first kappa shape index (κ1) is 17.7. The molecule has 1 atom stereocenters. The molecule has 0 aliphatic heterocycles. The highest BCUT2D eigenvalue weighted by Gasteiger charge is 2.20. The van der Waals surface area contributed by atoms with Crippen LogP contribution in [0.25, 0.3) is 0 Å². The van der Waals surface area contributed by atoms with E-state index in [1.807, 2.05) is 49.4 Å². The van der Waals surface area contributed by atoms with Crippen molar-refractivity contribution in [2.45, 2.75) is 39.0 Å². The largest absolute Gasteiger partial charge is 0.273 e. The lowest BCUT2D eigenvalue weighted by Crippen LogP contribution is -2.44. The minimum atomic E-state index is -0.311. The topological polar surface area (TPSA) is 58.2 Å². The van der Waals surface area contributed by atoms with Crippen LogP contribution in [0, 0.1) is 0 Å². The van der Waals surface area contributed by atoms with Crippen LogP contribution in [0.5, 0.6) is 0 Å². The number of hydrogen-bond donors (Lipinski definition) is 2. The molecule has 2 N–H and O–H groups in total. The van der Waals surface area contributed by atoms with E-state index in [0.717, 1.165) is 24.8 Å². The molecule has 0 radical (unpaired) electrons. The van der Waals surface area contributed by atoms with Gasteiger partial charge in [-0.25, -0.2) is 0 Å². The third kappa shape index (κ3) is 4.69. The van der Waals surface area contributed by atoms with Crippen LogP contribution in [-0.4, -0.2) is 11.8 Å². The first-order valence-corrected chi connectivity index (χ1v) is 8.39. The van der Waals surface area contributed by atoms with E-state index < -0.39 is 0 Å². The predicted molar refractivity (Wildman–Crippen MR) is 95.5 cm³/mol. The first-order chi connectivity index (χ1) is 11.7.